The van der Waals surface area contributed by atoms with Gasteiger partial charge in [0.25, 0.3) is 0 Å². The number of pyridine rings is 1. The van der Waals surface area contributed by atoms with Crippen molar-refractivity contribution in [2.75, 3.05) is 29.8 Å². The molecule has 0 unspecified atom stereocenters. The van der Waals surface area contributed by atoms with Gasteiger partial charge >= 0.3 is 18.2 Å². The van der Waals surface area contributed by atoms with Gasteiger partial charge in [-0.1, -0.05) is 17.7 Å². The van der Waals surface area contributed by atoms with E-state index in [9.17, 15) is 36.0 Å². The lowest BCUT2D eigenvalue weighted by Crippen LogP contribution is -2.39. The highest BCUT2D eigenvalue weighted by Crippen LogP contribution is 2.41. The van der Waals surface area contributed by atoms with Gasteiger partial charge in [0.2, 0.25) is 5.91 Å². The third-order valence-electron chi connectivity index (χ3n) is 8.61. The van der Waals surface area contributed by atoms with E-state index in [1.54, 1.807) is 31.2 Å². The molecule has 3 aromatic carbocycles. The molecule has 1 aromatic heterocycles. The molecule has 0 spiro atoms. The number of halogens is 4. The topological polar surface area (TPSA) is 161 Å². The van der Waals surface area contributed by atoms with E-state index in [0.29, 0.717) is 28.4 Å². The van der Waals surface area contributed by atoms with Gasteiger partial charge in [-0.05, 0) is 93.1 Å². The summed E-state index contributed by atoms with van der Waals surface area (Å²) in [6.07, 6.45) is -4.96. The summed E-state index contributed by atoms with van der Waals surface area (Å²) in [5, 5.41) is 3.44. The second kappa shape index (κ2) is 14.7. The second-order valence-corrected chi connectivity index (χ2v) is 14.9. The number of alkyl halides is 3. The van der Waals surface area contributed by atoms with Gasteiger partial charge in [-0.3, -0.25) is 4.79 Å². The SMILES string of the molecule is COC(=O)N(OC(=O)C(F)(F)F)c1ccc(S(=O)(=O)C(C)C)c([C@H]2CCCN2C(=O)[C@@H](Nc2ccc3c(N)nccc3c2)c2cc(C)ccc2F)c1. The molecule has 0 aliphatic carbocycles. The Hall–Kier alpha value is -5.45. The number of likely N-dealkylation sites (tertiary alicyclic amines) is 1. The number of aryl methyl sites for hydroxylation is 1. The van der Waals surface area contributed by atoms with E-state index >= 15 is 4.39 Å². The van der Waals surface area contributed by atoms with Crippen LogP contribution in [0.4, 0.5) is 39.5 Å². The summed E-state index contributed by atoms with van der Waals surface area (Å²) in [7, 11) is -3.28. The molecule has 2 heterocycles. The van der Waals surface area contributed by atoms with Crippen molar-refractivity contribution >= 4 is 55.8 Å². The number of hydrogen-bond donors (Lipinski definition) is 2. The minimum absolute atomic E-state index is 0.00435. The van der Waals surface area contributed by atoms with Crippen LogP contribution in [0.3, 0.4) is 0 Å². The number of fused-ring (bicyclic) bond motifs is 1. The van der Waals surface area contributed by atoms with Crippen molar-refractivity contribution in [2.45, 2.75) is 62.0 Å². The van der Waals surface area contributed by atoms with Crippen LogP contribution in [-0.4, -0.2) is 61.4 Å². The summed E-state index contributed by atoms with van der Waals surface area (Å²) in [6.45, 7) is 4.65. The highest BCUT2D eigenvalue weighted by Gasteiger charge is 2.45. The third kappa shape index (κ3) is 7.58. The molecule has 5 rings (SSSR count). The zero-order valence-corrected chi connectivity index (χ0v) is 29.2. The maximum absolute atomic E-state index is 15.6. The molecular weight excluding hydrogens is 710 g/mol. The highest BCUT2D eigenvalue weighted by molar-refractivity contribution is 7.92. The lowest BCUT2D eigenvalue weighted by atomic mass is 9.99. The first kappa shape index (κ1) is 37.8. The number of ether oxygens (including phenoxy) is 1. The molecule has 17 heteroatoms. The van der Waals surface area contributed by atoms with Crippen molar-refractivity contribution in [3.8, 4) is 0 Å². The molecule has 52 heavy (non-hydrogen) atoms. The molecular formula is C35H35F4N5O7S. The van der Waals surface area contributed by atoms with Crippen molar-refractivity contribution in [2.24, 2.45) is 0 Å². The summed E-state index contributed by atoms with van der Waals surface area (Å²) >= 11 is 0. The number of nitrogens with zero attached hydrogens (tertiary/aromatic N) is 3. The predicted molar refractivity (Wildman–Crippen MR) is 183 cm³/mol. The number of sulfone groups is 1. The highest BCUT2D eigenvalue weighted by atomic mass is 32.2. The Morgan fingerprint density at radius 3 is 2.46 bits per heavy atom. The molecule has 0 saturated carbocycles. The third-order valence-corrected chi connectivity index (χ3v) is 10.8. The summed E-state index contributed by atoms with van der Waals surface area (Å²) < 4.78 is 86.9. The van der Waals surface area contributed by atoms with E-state index in [1.165, 1.54) is 43.1 Å². The van der Waals surface area contributed by atoms with Crippen molar-refractivity contribution < 1.29 is 49.9 Å². The summed E-state index contributed by atoms with van der Waals surface area (Å²) in [6, 6.07) is 11.8. The number of carbonyl (C=O) groups excluding carboxylic acids is 3. The van der Waals surface area contributed by atoms with Gasteiger partial charge in [0.15, 0.2) is 9.84 Å². The lowest BCUT2D eigenvalue weighted by Gasteiger charge is -2.32. The fourth-order valence-electron chi connectivity index (χ4n) is 5.98. The van der Waals surface area contributed by atoms with Gasteiger partial charge in [-0.25, -0.2) is 27.4 Å². The fourth-order valence-corrected chi connectivity index (χ4v) is 7.27. The molecule has 1 aliphatic rings. The molecule has 12 nitrogen and oxygen atoms in total. The first-order valence-corrected chi connectivity index (χ1v) is 17.5. The standard InChI is InChI=1S/C35H35F4N5O7S/c1-19(2)52(48,49)29-12-9-23(44(34(47)50-4)51-33(46)35(37,38)39)18-26(29)28-6-5-15-43(28)32(45)30(25-16-20(3)7-11-27(25)36)42-22-8-10-24-21(17-22)13-14-41-31(24)40/h7-14,16-19,28,30,42H,5-6,15H2,1-4H3,(H2,40,41)/t28-,30+/m1/s1. The smallest absolute Gasteiger partial charge is 0.450 e. The Bertz CT molecular complexity index is 2150. The number of aromatic nitrogens is 1. The van der Waals surface area contributed by atoms with E-state index in [0.717, 1.165) is 25.3 Å². The Balaban J connectivity index is 1.63. The Morgan fingerprint density at radius 1 is 1.06 bits per heavy atom. The lowest BCUT2D eigenvalue weighted by molar-refractivity contribution is -0.200. The number of amides is 2. The van der Waals surface area contributed by atoms with E-state index in [2.05, 4.69) is 19.9 Å². The average Bonchev–Trinajstić information content (AvgIpc) is 3.59. The first-order chi connectivity index (χ1) is 24.4. The number of rotatable bonds is 8. The van der Waals surface area contributed by atoms with Gasteiger partial charge in [0.05, 0.1) is 29.0 Å². The number of nitrogens with one attached hydrogen (secondary N) is 1. The number of carbonyl (C=O) groups is 3. The molecule has 2 atom stereocenters. The zero-order valence-electron chi connectivity index (χ0n) is 28.4. The van der Waals surface area contributed by atoms with E-state index in [1.807, 2.05) is 0 Å². The summed E-state index contributed by atoms with van der Waals surface area (Å²) in [5.74, 6) is -3.79. The van der Waals surface area contributed by atoms with Crippen LogP contribution in [0.25, 0.3) is 10.8 Å². The van der Waals surface area contributed by atoms with E-state index < -0.39 is 62.8 Å². The largest absolute Gasteiger partial charge is 0.493 e. The number of nitrogens with two attached hydrogens (primary N) is 1. The van der Waals surface area contributed by atoms with Crippen LogP contribution in [0.15, 0.2) is 71.8 Å². The van der Waals surface area contributed by atoms with E-state index in [-0.39, 0.29) is 39.9 Å². The van der Waals surface area contributed by atoms with Crippen LogP contribution in [0, 0.1) is 12.7 Å². The van der Waals surface area contributed by atoms with Crippen LogP contribution in [0.1, 0.15) is 55.5 Å². The number of hydroxylamine groups is 1. The van der Waals surface area contributed by atoms with Gasteiger partial charge < -0.3 is 25.5 Å². The minimum Gasteiger partial charge on any atom is -0.450 e. The van der Waals surface area contributed by atoms with E-state index in [4.69, 9.17) is 5.73 Å². The Morgan fingerprint density at radius 2 is 1.79 bits per heavy atom. The van der Waals surface area contributed by atoms with Crippen molar-refractivity contribution in [1.82, 2.24) is 9.88 Å². The second-order valence-electron chi connectivity index (χ2n) is 12.4. The molecule has 1 aliphatic heterocycles. The predicted octanol–water partition coefficient (Wildman–Crippen LogP) is 6.56. The fraction of sp³-hybridized carbons (Fsp3) is 0.314. The van der Waals surface area contributed by atoms with Gasteiger partial charge in [-0.2, -0.15) is 13.2 Å². The van der Waals surface area contributed by atoms with Crippen LogP contribution in [0.2, 0.25) is 0 Å². The number of benzene rings is 3. The number of anilines is 3. The average molecular weight is 746 g/mol. The maximum atomic E-state index is 15.6. The van der Waals surface area contributed by atoms with Crippen LogP contribution in [0.5, 0.6) is 0 Å². The normalized spacial score (nSPS) is 15.4. The monoisotopic (exact) mass is 745 g/mol. The molecule has 1 fully saturated rings. The van der Waals surface area contributed by atoms with Crippen LogP contribution >= 0.6 is 0 Å². The van der Waals surface area contributed by atoms with Gasteiger partial charge in [0, 0.05) is 29.4 Å². The zero-order chi connectivity index (χ0) is 38.1. The molecule has 276 valence electrons. The molecule has 2 amide bonds. The van der Waals surface area contributed by atoms with Gasteiger partial charge in [-0.15, -0.1) is 5.06 Å². The van der Waals surface area contributed by atoms with Crippen LogP contribution in [-0.2, 0) is 29.0 Å². The molecule has 0 radical (unpaired) electrons. The van der Waals surface area contributed by atoms with Gasteiger partial charge in [0.1, 0.15) is 17.7 Å². The number of hydrogen-bond acceptors (Lipinski definition) is 10. The molecule has 0 bridgehead atoms. The minimum atomic E-state index is -5.49. The maximum Gasteiger partial charge on any atom is 0.493 e. The summed E-state index contributed by atoms with van der Waals surface area (Å²) in [4.78, 5) is 48.5. The van der Waals surface area contributed by atoms with Crippen molar-refractivity contribution in [3.05, 3.63) is 89.4 Å². The Kier molecular flexibility index (Phi) is 10.6. The molecule has 4 aromatic rings. The first-order valence-electron chi connectivity index (χ1n) is 16.0. The number of methoxy groups -OCH3 is 1. The summed E-state index contributed by atoms with van der Waals surface area (Å²) in [5.41, 5.74) is 6.55. The molecule has 3 N–H and O–H groups in total. The quantitative estimate of drug-likeness (QED) is 0.149. The van der Waals surface area contributed by atoms with Crippen molar-refractivity contribution in [3.63, 3.8) is 0 Å². The van der Waals surface area contributed by atoms with Crippen molar-refractivity contribution in [1.29, 1.82) is 0 Å². The van der Waals surface area contributed by atoms with Crippen LogP contribution < -0.4 is 16.1 Å². The Labute approximate surface area is 296 Å². The molecule has 1 saturated heterocycles. The number of nitrogen functional groups attached to an aromatic ring is 1.